The van der Waals surface area contributed by atoms with Crippen molar-refractivity contribution in [2.75, 3.05) is 20.3 Å². The first-order chi connectivity index (χ1) is 10.1. The Morgan fingerprint density at radius 3 is 2.81 bits per heavy atom. The molecule has 2 N–H and O–H groups in total. The fraction of sp³-hybridized carbons (Fsp3) is 0.438. The molecule has 5 nitrogen and oxygen atoms in total. The number of carbonyl (C=O) groups excluding carboxylic acids is 1. The number of carbonyl (C=O) groups is 1. The molecule has 0 saturated carbocycles. The number of methoxy groups -OCH3 is 1. The summed E-state index contributed by atoms with van der Waals surface area (Å²) in [6, 6.07) is 5.91. The second-order valence-electron chi connectivity index (χ2n) is 4.78. The molecule has 0 spiro atoms. The lowest BCUT2D eigenvalue weighted by molar-refractivity contribution is -0.122. The van der Waals surface area contributed by atoms with Gasteiger partial charge in [-0.3, -0.25) is 4.79 Å². The topological polar surface area (TPSA) is 59.6 Å². The Morgan fingerprint density at radius 2 is 2.19 bits per heavy atom. The lowest BCUT2D eigenvalue weighted by Crippen LogP contribution is -2.29. The predicted octanol–water partition coefficient (Wildman–Crippen LogP) is 1.32. The highest BCUT2D eigenvalue weighted by molar-refractivity contribution is 5.77. The number of ether oxygens (including phenoxy) is 2. The number of rotatable bonds is 8. The van der Waals surface area contributed by atoms with E-state index in [0.717, 1.165) is 5.56 Å². The van der Waals surface area contributed by atoms with E-state index in [1.807, 2.05) is 12.1 Å². The van der Waals surface area contributed by atoms with Gasteiger partial charge in [0.2, 0.25) is 0 Å². The molecule has 0 atom stereocenters. The number of hydrogen-bond acceptors (Lipinski definition) is 4. The Morgan fingerprint density at radius 1 is 1.43 bits per heavy atom. The van der Waals surface area contributed by atoms with Gasteiger partial charge in [0, 0.05) is 24.2 Å². The first kappa shape index (κ1) is 16.9. The molecule has 0 aromatic heterocycles. The SMILES string of the molecule is C#CCNC(=O)COc1cc(OC)ccc1CNC(C)C. The summed E-state index contributed by atoms with van der Waals surface area (Å²) in [6.07, 6.45) is 5.08. The van der Waals surface area contributed by atoms with E-state index >= 15 is 0 Å². The second kappa shape index (κ2) is 8.88. The van der Waals surface area contributed by atoms with Crippen LogP contribution >= 0.6 is 0 Å². The molecule has 0 radical (unpaired) electrons. The zero-order valence-electron chi connectivity index (χ0n) is 12.7. The van der Waals surface area contributed by atoms with E-state index in [0.29, 0.717) is 24.1 Å². The monoisotopic (exact) mass is 290 g/mol. The van der Waals surface area contributed by atoms with E-state index in [1.165, 1.54) is 0 Å². The molecule has 1 amide bonds. The molecule has 0 heterocycles. The molecule has 5 heteroatoms. The summed E-state index contributed by atoms with van der Waals surface area (Å²) in [6.45, 7) is 4.91. The molecular formula is C16H22N2O3. The predicted molar refractivity (Wildman–Crippen MR) is 82.3 cm³/mol. The molecule has 0 fully saturated rings. The number of terminal acetylenes is 1. The summed E-state index contributed by atoms with van der Waals surface area (Å²) in [5.74, 6) is 3.40. The fourth-order valence-corrected chi connectivity index (χ4v) is 1.60. The van der Waals surface area contributed by atoms with Crippen LogP contribution in [-0.2, 0) is 11.3 Å². The van der Waals surface area contributed by atoms with Gasteiger partial charge < -0.3 is 20.1 Å². The molecule has 0 aliphatic rings. The Bertz CT molecular complexity index is 507. The average Bonchev–Trinajstić information content (AvgIpc) is 2.48. The van der Waals surface area contributed by atoms with Crippen molar-refractivity contribution >= 4 is 5.91 Å². The van der Waals surface area contributed by atoms with Gasteiger partial charge >= 0.3 is 0 Å². The number of amides is 1. The standard InChI is InChI=1S/C16H22N2O3/c1-5-8-17-16(19)11-21-15-9-14(20-4)7-6-13(15)10-18-12(2)3/h1,6-7,9,12,18H,8,10-11H2,2-4H3,(H,17,19). The van der Waals surface area contributed by atoms with E-state index in [-0.39, 0.29) is 19.1 Å². The highest BCUT2D eigenvalue weighted by Gasteiger charge is 2.09. The summed E-state index contributed by atoms with van der Waals surface area (Å²) < 4.78 is 10.7. The smallest absolute Gasteiger partial charge is 0.258 e. The van der Waals surface area contributed by atoms with Gasteiger partial charge in [-0.05, 0) is 6.07 Å². The molecule has 0 unspecified atom stereocenters. The fourth-order valence-electron chi connectivity index (χ4n) is 1.60. The number of hydrogen-bond donors (Lipinski definition) is 2. The van der Waals surface area contributed by atoms with Crippen LogP contribution in [0.15, 0.2) is 18.2 Å². The third-order valence-electron chi connectivity index (χ3n) is 2.72. The molecule has 0 aliphatic heterocycles. The van der Waals surface area contributed by atoms with Crippen LogP contribution in [0.4, 0.5) is 0 Å². The normalized spacial score (nSPS) is 10.0. The van der Waals surface area contributed by atoms with Gasteiger partial charge in [-0.2, -0.15) is 0 Å². The first-order valence-electron chi connectivity index (χ1n) is 6.80. The van der Waals surface area contributed by atoms with Crippen molar-refractivity contribution in [2.45, 2.75) is 26.4 Å². The maximum absolute atomic E-state index is 11.5. The number of benzene rings is 1. The Balaban J connectivity index is 2.72. The van der Waals surface area contributed by atoms with E-state index in [1.54, 1.807) is 13.2 Å². The van der Waals surface area contributed by atoms with Crippen LogP contribution < -0.4 is 20.1 Å². The Labute approximate surface area is 126 Å². The zero-order chi connectivity index (χ0) is 15.7. The van der Waals surface area contributed by atoms with Crippen LogP contribution in [-0.4, -0.2) is 32.2 Å². The highest BCUT2D eigenvalue weighted by atomic mass is 16.5. The van der Waals surface area contributed by atoms with Crippen LogP contribution in [0.25, 0.3) is 0 Å². The van der Waals surface area contributed by atoms with Crippen LogP contribution in [0.1, 0.15) is 19.4 Å². The van der Waals surface area contributed by atoms with Gasteiger partial charge in [-0.15, -0.1) is 6.42 Å². The van der Waals surface area contributed by atoms with E-state index < -0.39 is 0 Å². The minimum atomic E-state index is -0.251. The summed E-state index contributed by atoms with van der Waals surface area (Å²) in [5, 5.41) is 5.87. The van der Waals surface area contributed by atoms with Gasteiger partial charge in [-0.1, -0.05) is 25.8 Å². The van der Waals surface area contributed by atoms with Crippen molar-refractivity contribution in [1.82, 2.24) is 10.6 Å². The van der Waals surface area contributed by atoms with Crippen LogP contribution in [0.2, 0.25) is 0 Å². The van der Waals surface area contributed by atoms with Crippen molar-refractivity contribution in [3.63, 3.8) is 0 Å². The minimum absolute atomic E-state index is 0.0798. The van der Waals surface area contributed by atoms with Crippen molar-refractivity contribution in [1.29, 1.82) is 0 Å². The van der Waals surface area contributed by atoms with Gasteiger partial charge in [-0.25, -0.2) is 0 Å². The lowest BCUT2D eigenvalue weighted by Gasteiger charge is -2.14. The van der Waals surface area contributed by atoms with Gasteiger partial charge in [0.15, 0.2) is 6.61 Å². The summed E-state index contributed by atoms with van der Waals surface area (Å²) in [7, 11) is 1.59. The quantitative estimate of drug-likeness (QED) is 0.709. The van der Waals surface area contributed by atoms with Crippen LogP contribution in [0, 0.1) is 12.3 Å². The molecule has 1 aromatic rings. The van der Waals surface area contributed by atoms with Crippen molar-refractivity contribution < 1.29 is 14.3 Å². The highest BCUT2D eigenvalue weighted by Crippen LogP contribution is 2.24. The van der Waals surface area contributed by atoms with E-state index in [9.17, 15) is 4.79 Å². The van der Waals surface area contributed by atoms with Gasteiger partial charge in [0.1, 0.15) is 11.5 Å². The second-order valence-corrected chi connectivity index (χ2v) is 4.78. The van der Waals surface area contributed by atoms with Gasteiger partial charge in [0.25, 0.3) is 5.91 Å². The Kier molecular flexibility index (Phi) is 7.13. The molecule has 0 bridgehead atoms. The Hall–Kier alpha value is -2.19. The third kappa shape index (κ3) is 6.19. The molecular weight excluding hydrogens is 268 g/mol. The van der Waals surface area contributed by atoms with E-state index in [2.05, 4.69) is 30.4 Å². The summed E-state index contributed by atoms with van der Waals surface area (Å²) in [5.41, 5.74) is 0.967. The largest absolute Gasteiger partial charge is 0.497 e. The molecule has 1 rings (SSSR count). The maximum atomic E-state index is 11.5. The molecule has 0 aliphatic carbocycles. The number of nitrogens with one attached hydrogen (secondary N) is 2. The van der Waals surface area contributed by atoms with Crippen LogP contribution in [0.3, 0.4) is 0 Å². The first-order valence-corrected chi connectivity index (χ1v) is 6.80. The lowest BCUT2D eigenvalue weighted by atomic mass is 10.2. The van der Waals surface area contributed by atoms with Crippen molar-refractivity contribution in [3.05, 3.63) is 23.8 Å². The maximum Gasteiger partial charge on any atom is 0.258 e. The third-order valence-corrected chi connectivity index (χ3v) is 2.72. The van der Waals surface area contributed by atoms with Crippen molar-refractivity contribution in [3.8, 4) is 23.8 Å². The van der Waals surface area contributed by atoms with Crippen molar-refractivity contribution in [2.24, 2.45) is 0 Å². The molecule has 21 heavy (non-hydrogen) atoms. The minimum Gasteiger partial charge on any atom is -0.497 e. The van der Waals surface area contributed by atoms with Crippen LogP contribution in [0.5, 0.6) is 11.5 Å². The molecule has 114 valence electrons. The summed E-state index contributed by atoms with van der Waals surface area (Å²) >= 11 is 0. The zero-order valence-corrected chi connectivity index (χ0v) is 12.7. The van der Waals surface area contributed by atoms with Gasteiger partial charge in [0.05, 0.1) is 13.7 Å². The van der Waals surface area contributed by atoms with E-state index in [4.69, 9.17) is 15.9 Å². The molecule has 1 aromatic carbocycles. The average molecular weight is 290 g/mol. The summed E-state index contributed by atoms with van der Waals surface area (Å²) in [4.78, 5) is 11.5. The molecule has 0 saturated heterocycles.